The minimum absolute atomic E-state index is 0.0654. The number of hydrogen-bond acceptors (Lipinski definition) is 3. The molecule has 6 heteroatoms. The molecular formula is C16H13ClN4O. The monoisotopic (exact) mass is 312 g/mol. The maximum atomic E-state index is 12.8. The van der Waals surface area contributed by atoms with E-state index < -0.39 is 0 Å². The zero-order chi connectivity index (χ0) is 15.1. The normalized spacial score (nSPS) is 14.1. The van der Waals surface area contributed by atoms with E-state index in [-0.39, 0.29) is 5.91 Å². The molecule has 0 saturated carbocycles. The number of amides is 1. The number of fused-ring (bicyclic) bond motifs is 2. The summed E-state index contributed by atoms with van der Waals surface area (Å²) in [6, 6.07) is 11.6. The van der Waals surface area contributed by atoms with Gasteiger partial charge in [0.05, 0.1) is 22.8 Å². The number of carbonyl (C=O) groups is 1. The number of hydrogen-bond donors (Lipinski definition) is 1. The Morgan fingerprint density at radius 2 is 1.86 bits per heavy atom. The second-order valence-corrected chi connectivity index (χ2v) is 5.78. The highest BCUT2D eigenvalue weighted by atomic mass is 35.5. The van der Waals surface area contributed by atoms with Crippen molar-refractivity contribution in [1.82, 2.24) is 20.3 Å². The molecule has 1 N–H and O–H groups in total. The van der Waals surface area contributed by atoms with Gasteiger partial charge in [-0.05, 0) is 22.9 Å². The van der Waals surface area contributed by atoms with E-state index in [4.69, 9.17) is 11.6 Å². The van der Waals surface area contributed by atoms with Crippen LogP contribution in [0.3, 0.4) is 0 Å². The summed E-state index contributed by atoms with van der Waals surface area (Å²) in [5.74, 6) is -0.0654. The third-order valence-corrected chi connectivity index (χ3v) is 4.33. The number of aromatic nitrogens is 3. The molecule has 0 bridgehead atoms. The quantitative estimate of drug-likeness (QED) is 0.751. The average molecular weight is 313 g/mol. The van der Waals surface area contributed by atoms with Crippen LogP contribution in [0.25, 0.3) is 10.8 Å². The zero-order valence-corrected chi connectivity index (χ0v) is 12.5. The Morgan fingerprint density at radius 1 is 1.14 bits per heavy atom. The maximum Gasteiger partial charge on any atom is 0.255 e. The number of rotatable bonds is 1. The molecule has 3 aromatic rings. The van der Waals surface area contributed by atoms with Gasteiger partial charge in [-0.1, -0.05) is 35.9 Å². The summed E-state index contributed by atoms with van der Waals surface area (Å²) in [5.41, 5.74) is 2.30. The van der Waals surface area contributed by atoms with E-state index in [0.29, 0.717) is 30.1 Å². The second-order valence-electron chi connectivity index (χ2n) is 5.37. The molecule has 110 valence electrons. The number of halogens is 1. The van der Waals surface area contributed by atoms with E-state index in [1.165, 1.54) is 0 Å². The van der Waals surface area contributed by atoms with Crippen molar-refractivity contribution in [2.45, 2.75) is 13.0 Å². The summed E-state index contributed by atoms with van der Waals surface area (Å²) in [6.07, 6.45) is 0.711. The second kappa shape index (κ2) is 5.10. The number of H-pyrrole nitrogens is 1. The van der Waals surface area contributed by atoms with Crippen molar-refractivity contribution in [3.63, 3.8) is 0 Å². The molecule has 0 saturated heterocycles. The van der Waals surface area contributed by atoms with Crippen LogP contribution in [0, 0.1) is 0 Å². The van der Waals surface area contributed by atoms with E-state index in [9.17, 15) is 4.79 Å². The lowest BCUT2D eigenvalue weighted by Crippen LogP contribution is -2.36. The van der Waals surface area contributed by atoms with Crippen molar-refractivity contribution in [3.8, 4) is 0 Å². The van der Waals surface area contributed by atoms with Crippen molar-refractivity contribution in [2.24, 2.45) is 0 Å². The number of benzene rings is 2. The lowest BCUT2D eigenvalue weighted by Gasteiger charge is -2.26. The molecule has 1 aliphatic rings. The molecule has 0 unspecified atom stereocenters. The van der Waals surface area contributed by atoms with E-state index in [0.717, 1.165) is 22.2 Å². The third kappa shape index (κ3) is 2.14. The van der Waals surface area contributed by atoms with E-state index >= 15 is 0 Å². The van der Waals surface area contributed by atoms with Crippen LogP contribution >= 0.6 is 11.6 Å². The lowest BCUT2D eigenvalue weighted by molar-refractivity contribution is 0.0732. The van der Waals surface area contributed by atoms with Crippen molar-refractivity contribution in [2.75, 3.05) is 6.54 Å². The molecule has 0 atom stereocenters. The summed E-state index contributed by atoms with van der Waals surface area (Å²) in [5, 5.41) is 13.3. The molecule has 0 fully saturated rings. The molecule has 1 aromatic heterocycles. The molecular weight excluding hydrogens is 300 g/mol. The van der Waals surface area contributed by atoms with Crippen LogP contribution < -0.4 is 0 Å². The van der Waals surface area contributed by atoms with Crippen LogP contribution in [0.5, 0.6) is 0 Å². The largest absolute Gasteiger partial charge is 0.332 e. The van der Waals surface area contributed by atoms with Crippen LogP contribution in [0.4, 0.5) is 0 Å². The molecule has 2 heterocycles. The Balaban J connectivity index is 1.70. The average Bonchev–Trinajstić information content (AvgIpc) is 3.01. The molecule has 2 aromatic carbocycles. The van der Waals surface area contributed by atoms with Crippen LogP contribution in [-0.2, 0) is 13.0 Å². The maximum absolute atomic E-state index is 12.8. The summed E-state index contributed by atoms with van der Waals surface area (Å²) >= 11 is 6.31. The van der Waals surface area contributed by atoms with Gasteiger partial charge in [-0.15, -0.1) is 0 Å². The molecule has 1 aliphatic heterocycles. The number of carbonyl (C=O) groups excluding carboxylic acids is 1. The first-order valence-electron chi connectivity index (χ1n) is 7.08. The number of nitrogens with zero attached hydrogens (tertiary/aromatic N) is 3. The van der Waals surface area contributed by atoms with Gasteiger partial charge in [-0.2, -0.15) is 15.4 Å². The Kier molecular flexibility index (Phi) is 3.08. The third-order valence-electron chi connectivity index (χ3n) is 4.02. The van der Waals surface area contributed by atoms with Crippen LogP contribution in [0.2, 0.25) is 5.02 Å². The Labute approximate surface area is 131 Å². The van der Waals surface area contributed by atoms with Crippen molar-refractivity contribution in [1.29, 1.82) is 0 Å². The van der Waals surface area contributed by atoms with E-state index in [1.807, 2.05) is 36.4 Å². The Bertz CT molecular complexity index is 873. The highest BCUT2D eigenvalue weighted by Crippen LogP contribution is 2.26. The Hall–Kier alpha value is -2.40. The summed E-state index contributed by atoms with van der Waals surface area (Å²) in [4.78, 5) is 14.5. The molecule has 4 rings (SSSR count). The highest BCUT2D eigenvalue weighted by Gasteiger charge is 2.25. The number of nitrogens with one attached hydrogen (secondary N) is 1. The summed E-state index contributed by atoms with van der Waals surface area (Å²) in [6.45, 7) is 1.09. The topological polar surface area (TPSA) is 61.9 Å². The SMILES string of the molecule is O=C(c1cc2ccccc2cc1Cl)N1CCc2n[nH]nc2C1. The highest BCUT2D eigenvalue weighted by molar-refractivity contribution is 6.34. The molecule has 0 spiro atoms. The Morgan fingerprint density at radius 3 is 2.68 bits per heavy atom. The van der Waals surface area contributed by atoms with E-state index in [1.54, 1.807) is 4.90 Å². The predicted molar refractivity (Wildman–Crippen MR) is 83.8 cm³/mol. The van der Waals surface area contributed by atoms with Gasteiger partial charge in [-0.25, -0.2) is 0 Å². The van der Waals surface area contributed by atoms with Crippen LogP contribution in [0.1, 0.15) is 21.7 Å². The van der Waals surface area contributed by atoms with Crippen molar-refractivity contribution in [3.05, 3.63) is 58.4 Å². The van der Waals surface area contributed by atoms with Gasteiger partial charge < -0.3 is 4.90 Å². The lowest BCUT2D eigenvalue weighted by atomic mass is 10.0. The standard InChI is InChI=1S/C16H13ClN4O/c17-13-8-11-4-2-1-3-10(11)7-12(13)16(22)21-6-5-14-15(9-21)19-20-18-14/h1-4,7-8H,5-6,9H2,(H,18,19,20). The predicted octanol–water partition coefficient (Wildman–Crippen LogP) is 2.81. The summed E-state index contributed by atoms with van der Waals surface area (Å²) in [7, 11) is 0. The van der Waals surface area contributed by atoms with Crippen molar-refractivity contribution >= 4 is 28.3 Å². The minimum atomic E-state index is -0.0654. The first-order chi connectivity index (χ1) is 10.7. The van der Waals surface area contributed by atoms with E-state index in [2.05, 4.69) is 15.4 Å². The summed E-state index contributed by atoms with van der Waals surface area (Å²) < 4.78 is 0. The fourth-order valence-electron chi connectivity index (χ4n) is 2.82. The molecule has 1 amide bonds. The van der Waals surface area contributed by atoms with Crippen LogP contribution in [-0.4, -0.2) is 32.8 Å². The minimum Gasteiger partial charge on any atom is -0.332 e. The molecule has 0 aliphatic carbocycles. The van der Waals surface area contributed by atoms with Gasteiger partial charge >= 0.3 is 0 Å². The van der Waals surface area contributed by atoms with Crippen LogP contribution in [0.15, 0.2) is 36.4 Å². The van der Waals surface area contributed by atoms with Gasteiger partial charge in [0.2, 0.25) is 0 Å². The molecule has 5 nitrogen and oxygen atoms in total. The first-order valence-corrected chi connectivity index (χ1v) is 7.46. The smallest absolute Gasteiger partial charge is 0.255 e. The van der Waals surface area contributed by atoms with Gasteiger partial charge in [0.1, 0.15) is 5.69 Å². The fraction of sp³-hybridized carbons (Fsp3) is 0.188. The van der Waals surface area contributed by atoms with Gasteiger partial charge in [0.25, 0.3) is 5.91 Å². The number of aromatic amines is 1. The van der Waals surface area contributed by atoms with Gasteiger partial charge in [0.15, 0.2) is 0 Å². The zero-order valence-electron chi connectivity index (χ0n) is 11.7. The van der Waals surface area contributed by atoms with Gasteiger partial charge in [0, 0.05) is 13.0 Å². The first kappa shape index (κ1) is 13.3. The van der Waals surface area contributed by atoms with Crippen molar-refractivity contribution < 1.29 is 4.79 Å². The fourth-order valence-corrected chi connectivity index (χ4v) is 3.08. The van der Waals surface area contributed by atoms with Gasteiger partial charge in [-0.3, -0.25) is 4.79 Å². The molecule has 0 radical (unpaired) electrons. The molecule has 22 heavy (non-hydrogen) atoms.